The summed E-state index contributed by atoms with van der Waals surface area (Å²) in [4.78, 5) is 11.4. The summed E-state index contributed by atoms with van der Waals surface area (Å²) in [6, 6.07) is 7.76. The van der Waals surface area contributed by atoms with Crippen LogP contribution in [0.15, 0.2) is 24.3 Å². The SMILES string of the molecule is CCCc1ccc(C(C)(O)CC(=O)OCC)cc1. The highest BCUT2D eigenvalue weighted by molar-refractivity contribution is 5.71. The lowest BCUT2D eigenvalue weighted by Crippen LogP contribution is -2.26. The van der Waals surface area contributed by atoms with Gasteiger partial charge in [0.25, 0.3) is 0 Å². The summed E-state index contributed by atoms with van der Waals surface area (Å²) in [6.07, 6.45) is 2.10. The van der Waals surface area contributed by atoms with Gasteiger partial charge in [0.2, 0.25) is 0 Å². The third-order valence-electron chi connectivity index (χ3n) is 2.91. The van der Waals surface area contributed by atoms with Crippen molar-refractivity contribution in [3.05, 3.63) is 35.4 Å². The van der Waals surface area contributed by atoms with E-state index in [1.807, 2.05) is 24.3 Å². The van der Waals surface area contributed by atoms with Gasteiger partial charge in [0.15, 0.2) is 0 Å². The molecular weight excluding hydrogens is 228 g/mol. The molecule has 0 saturated heterocycles. The van der Waals surface area contributed by atoms with E-state index in [1.165, 1.54) is 5.56 Å². The predicted molar refractivity (Wildman–Crippen MR) is 71.3 cm³/mol. The molecule has 1 N–H and O–H groups in total. The lowest BCUT2D eigenvalue weighted by atomic mass is 9.91. The Balaban J connectivity index is 2.74. The van der Waals surface area contributed by atoms with Crippen LogP contribution in [-0.4, -0.2) is 17.7 Å². The molecule has 1 aromatic rings. The number of carbonyl (C=O) groups is 1. The summed E-state index contributed by atoms with van der Waals surface area (Å²) < 4.78 is 4.86. The number of ether oxygens (including phenoxy) is 1. The normalized spacial score (nSPS) is 14.0. The molecule has 0 aliphatic heterocycles. The largest absolute Gasteiger partial charge is 0.466 e. The van der Waals surface area contributed by atoms with Crippen LogP contribution >= 0.6 is 0 Å². The minimum absolute atomic E-state index is 0.0199. The highest BCUT2D eigenvalue weighted by Crippen LogP contribution is 2.25. The van der Waals surface area contributed by atoms with Crippen LogP contribution in [0.3, 0.4) is 0 Å². The molecule has 0 amide bonds. The van der Waals surface area contributed by atoms with E-state index < -0.39 is 5.60 Å². The van der Waals surface area contributed by atoms with Crippen molar-refractivity contribution >= 4 is 5.97 Å². The monoisotopic (exact) mass is 250 g/mol. The molecule has 0 fully saturated rings. The van der Waals surface area contributed by atoms with Crippen molar-refractivity contribution in [2.75, 3.05) is 6.61 Å². The smallest absolute Gasteiger partial charge is 0.309 e. The number of hydrogen-bond acceptors (Lipinski definition) is 3. The fourth-order valence-electron chi connectivity index (χ4n) is 1.91. The highest BCUT2D eigenvalue weighted by atomic mass is 16.5. The minimum Gasteiger partial charge on any atom is -0.466 e. The first kappa shape index (κ1) is 14.7. The van der Waals surface area contributed by atoms with Gasteiger partial charge in [-0.15, -0.1) is 0 Å². The van der Waals surface area contributed by atoms with E-state index in [0.717, 1.165) is 18.4 Å². The Morgan fingerprint density at radius 2 is 1.89 bits per heavy atom. The average Bonchev–Trinajstić information content (AvgIpc) is 2.29. The molecule has 3 heteroatoms. The van der Waals surface area contributed by atoms with Crippen LogP contribution < -0.4 is 0 Å². The van der Waals surface area contributed by atoms with E-state index in [4.69, 9.17) is 4.74 Å². The van der Waals surface area contributed by atoms with Gasteiger partial charge in [0, 0.05) is 0 Å². The van der Waals surface area contributed by atoms with Crippen LogP contribution in [0, 0.1) is 0 Å². The van der Waals surface area contributed by atoms with Gasteiger partial charge in [-0.3, -0.25) is 4.79 Å². The maximum atomic E-state index is 11.4. The molecule has 1 unspecified atom stereocenters. The molecule has 0 radical (unpaired) electrons. The third kappa shape index (κ3) is 4.15. The Morgan fingerprint density at radius 1 is 1.28 bits per heavy atom. The van der Waals surface area contributed by atoms with E-state index in [2.05, 4.69) is 6.92 Å². The number of aliphatic hydroxyl groups is 1. The van der Waals surface area contributed by atoms with Crippen molar-refractivity contribution in [1.82, 2.24) is 0 Å². The second-order valence-electron chi connectivity index (χ2n) is 4.70. The molecule has 0 spiro atoms. The van der Waals surface area contributed by atoms with Crippen LogP contribution in [0.4, 0.5) is 0 Å². The Hall–Kier alpha value is -1.35. The molecule has 1 aromatic carbocycles. The van der Waals surface area contributed by atoms with E-state index in [-0.39, 0.29) is 12.4 Å². The van der Waals surface area contributed by atoms with Crippen molar-refractivity contribution < 1.29 is 14.6 Å². The van der Waals surface area contributed by atoms with Crippen LogP contribution in [0.25, 0.3) is 0 Å². The van der Waals surface area contributed by atoms with Crippen molar-refractivity contribution in [3.8, 4) is 0 Å². The summed E-state index contributed by atoms with van der Waals surface area (Å²) in [5.74, 6) is -0.375. The fourth-order valence-corrected chi connectivity index (χ4v) is 1.91. The third-order valence-corrected chi connectivity index (χ3v) is 2.91. The first-order valence-electron chi connectivity index (χ1n) is 6.47. The number of aryl methyl sites for hydroxylation is 1. The molecule has 18 heavy (non-hydrogen) atoms. The second-order valence-corrected chi connectivity index (χ2v) is 4.70. The number of carbonyl (C=O) groups excluding carboxylic acids is 1. The van der Waals surface area contributed by atoms with E-state index in [1.54, 1.807) is 13.8 Å². The van der Waals surface area contributed by atoms with Crippen LogP contribution in [0.5, 0.6) is 0 Å². The molecule has 1 atom stereocenters. The summed E-state index contributed by atoms with van der Waals surface area (Å²) in [5.41, 5.74) is 0.820. The zero-order valence-electron chi connectivity index (χ0n) is 11.4. The Kier molecular flexibility index (Phi) is 5.35. The van der Waals surface area contributed by atoms with Gasteiger partial charge in [-0.2, -0.15) is 0 Å². The van der Waals surface area contributed by atoms with E-state index in [9.17, 15) is 9.90 Å². The molecule has 0 saturated carbocycles. The van der Waals surface area contributed by atoms with Crippen molar-refractivity contribution in [3.63, 3.8) is 0 Å². The van der Waals surface area contributed by atoms with Gasteiger partial charge in [-0.05, 0) is 31.4 Å². The van der Waals surface area contributed by atoms with E-state index in [0.29, 0.717) is 6.61 Å². The number of esters is 1. The molecule has 0 heterocycles. The quantitative estimate of drug-likeness (QED) is 0.790. The summed E-state index contributed by atoms with van der Waals surface area (Å²) >= 11 is 0. The van der Waals surface area contributed by atoms with Gasteiger partial charge in [-0.1, -0.05) is 37.6 Å². The van der Waals surface area contributed by atoms with Gasteiger partial charge in [0.05, 0.1) is 18.6 Å². The average molecular weight is 250 g/mol. The van der Waals surface area contributed by atoms with Gasteiger partial charge < -0.3 is 9.84 Å². The first-order valence-corrected chi connectivity index (χ1v) is 6.47. The molecule has 3 nitrogen and oxygen atoms in total. The highest BCUT2D eigenvalue weighted by Gasteiger charge is 2.27. The van der Waals surface area contributed by atoms with Crippen molar-refractivity contribution in [1.29, 1.82) is 0 Å². The second kappa shape index (κ2) is 6.55. The van der Waals surface area contributed by atoms with Crippen LogP contribution in [-0.2, 0) is 21.6 Å². The first-order chi connectivity index (χ1) is 8.49. The molecule has 0 aromatic heterocycles. The minimum atomic E-state index is -1.17. The molecular formula is C15H22O3. The lowest BCUT2D eigenvalue weighted by Gasteiger charge is -2.23. The van der Waals surface area contributed by atoms with Crippen LogP contribution in [0.1, 0.15) is 44.7 Å². The molecule has 100 valence electrons. The van der Waals surface area contributed by atoms with Crippen molar-refractivity contribution in [2.45, 2.75) is 45.6 Å². The number of hydrogen-bond donors (Lipinski definition) is 1. The Bertz CT molecular complexity index is 379. The van der Waals surface area contributed by atoms with Gasteiger partial charge in [-0.25, -0.2) is 0 Å². The molecule has 0 aliphatic carbocycles. The molecule has 1 rings (SSSR count). The zero-order valence-corrected chi connectivity index (χ0v) is 11.4. The fraction of sp³-hybridized carbons (Fsp3) is 0.533. The number of benzene rings is 1. The molecule has 0 aliphatic rings. The Morgan fingerprint density at radius 3 is 2.39 bits per heavy atom. The maximum absolute atomic E-state index is 11.4. The van der Waals surface area contributed by atoms with Gasteiger partial charge >= 0.3 is 5.97 Å². The number of rotatable bonds is 6. The van der Waals surface area contributed by atoms with E-state index >= 15 is 0 Å². The lowest BCUT2D eigenvalue weighted by molar-refractivity contribution is -0.148. The Labute approximate surface area is 109 Å². The van der Waals surface area contributed by atoms with Crippen LogP contribution in [0.2, 0.25) is 0 Å². The summed E-state index contributed by atoms with van der Waals surface area (Å²) in [7, 11) is 0. The maximum Gasteiger partial charge on any atom is 0.309 e. The van der Waals surface area contributed by atoms with Crippen molar-refractivity contribution in [2.24, 2.45) is 0 Å². The summed E-state index contributed by atoms with van der Waals surface area (Å²) in [6.45, 7) is 5.86. The zero-order chi connectivity index (χ0) is 13.6. The summed E-state index contributed by atoms with van der Waals surface area (Å²) in [5, 5.41) is 10.3. The topological polar surface area (TPSA) is 46.5 Å². The van der Waals surface area contributed by atoms with Gasteiger partial charge in [0.1, 0.15) is 0 Å². The standard InChI is InChI=1S/C15H22O3/c1-4-6-12-7-9-13(10-8-12)15(3,17)11-14(16)18-5-2/h7-10,17H,4-6,11H2,1-3H3. The predicted octanol–water partition coefficient (Wildman–Crippen LogP) is 2.80. The molecule has 0 bridgehead atoms.